The summed E-state index contributed by atoms with van der Waals surface area (Å²) in [7, 11) is 0. The lowest BCUT2D eigenvalue weighted by Gasteiger charge is -2.12. The summed E-state index contributed by atoms with van der Waals surface area (Å²) in [6.07, 6.45) is 5.75. The number of hydrogen-bond donors (Lipinski definition) is 0. The third-order valence-electron chi connectivity index (χ3n) is 1.96. The first-order valence-electron chi connectivity index (χ1n) is 3.78. The van der Waals surface area contributed by atoms with Crippen LogP contribution in [0.25, 0.3) is 0 Å². The minimum Gasteiger partial charge on any atom is -0.446 e. The van der Waals surface area contributed by atoms with Crippen LogP contribution in [0.3, 0.4) is 0 Å². The molecular formula is C8H11NO. The summed E-state index contributed by atoms with van der Waals surface area (Å²) in [5.41, 5.74) is 0. The van der Waals surface area contributed by atoms with E-state index >= 15 is 0 Å². The standard InChI is InChI=1S/C8H11NO/c1-6-9-7-4-2-3-5-8(7)10-6/h5,7H,2-4H2,1H3. The maximum atomic E-state index is 5.38. The van der Waals surface area contributed by atoms with Crippen LogP contribution in [0.15, 0.2) is 16.8 Å². The fraction of sp³-hybridized carbons (Fsp3) is 0.625. The van der Waals surface area contributed by atoms with Crippen LogP contribution < -0.4 is 0 Å². The van der Waals surface area contributed by atoms with Crippen molar-refractivity contribution in [3.05, 3.63) is 11.8 Å². The van der Waals surface area contributed by atoms with E-state index in [4.69, 9.17) is 4.74 Å². The lowest BCUT2D eigenvalue weighted by Crippen LogP contribution is -2.07. The average Bonchev–Trinajstić information content (AvgIpc) is 2.27. The average molecular weight is 137 g/mol. The summed E-state index contributed by atoms with van der Waals surface area (Å²) in [5, 5.41) is 0. The van der Waals surface area contributed by atoms with Gasteiger partial charge in [0.1, 0.15) is 11.8 Å². The van der Waals surface area contributed by atoms with Gasteiger partial charge in [-0.3, -0.25) is 0 Å². The Bertz CT molecular complexity index is 205. The fourth-order valence-corrected chi connectivity index (χ4v) is 1.49. The number of hydrogen-bond acceptors (Lipinski definition) is 2. The van der Waals surface area contributed by atoms with Gasteiger partial charge < -0.3 is 4.74 Å². The summed E-state index contributed by atoms with van der Waals surface area (Å²) < 4.78 is 5.38. The molecule has 0 fully saturated rings. The second-order valence-corrected chi connectivity index (χ2v) is 2.80. The topological polar surface area (TPSA) is 21.6 Å². The molecule has 0 radical (unpaired) electrons. The molecule has 2 nitrogen and oxygen atoms in total. The molecule has 1 aliphatic carbocycles. The number of fused-ring (bicyclic) bond motifs is 1. The largest absolute Gasteiger partial charge is 0.446 e. The first-order chi connectivity index (χ1) is 4.86. The Morgan fingerprint density at radius 2 is 2.60 bits per heavy atom. The van der Waals surface area contributed by atoms with E-state index in [0.29, 0.717) is 6.04 Å². The van der Waals surface area contributed by atoms with E-state index in [1.165, 1.54) is 12.8 Å². The van der Waals surface area contributed by atoms with Crippen LogP contribution in [-0.2, 0) is 4.74 Å². The Labute approximate surface area is 60.6 Å². The monoisotopic (exact) mass is 137 g/mol. The highest BCUT2D eigenvalue weighted by atomic mass is 16.5. The molecule has 2 aliphatic rings. The molecule has 0 N–H and O–H groups in total. The Balaban J connectivity index is 2.23. The quantitative estimate of drug-likeness (QED) is 0.499. The molecule has 0 amide bonds. The predicted octanol–water partition coefficient (Wildman–Crippen LogP) is 1.87. The van der Waals surface area contributed by atoms with E-state index in [1.807, 2.05) is 6.92 Å². The maximum absolute atomic E-state index is 5.38. The van der Waals surface area contributed by atoms with Gasteiger partial charge in [-0.1, -0.05) is 0 Å². The number of aliphatic imine (C=N–C) groups is 1. The maximum Gasteiger partial charge on any atom is 0.187 e. The summed E-state index contributed by atoms with van der Waals surface area (Å²) >= 11 is 0. The van der Waals surface area contributed by atoms with Crippen LogP contribution in [-0.4, -0.2) is 11.9 Å². The van der Waals surface area contributed by atoms with Crippen molar-refractivity contribution in [3.8, 4) is 0 Å². The van der Waals surface area contributed by atoms with Gasteiger partial charge in [0.05, 0.1) is 0 Å². The lowest BCUT2D eigenvalue weighted by molar-refractivity contribution is 0.389. The Kier molecular flexibility index (Phi) is 1.26. The van der Waals surface area contributed by atoms with Crippen molar-refractivity contribution in [3.63, 3.8) is 0 Å². The summed E-state index contributed by atoms with van der Waals surface area (Å²) in [5.74, 6) is 1.92. The third kappa shape index (κ3) is 0.838. The normalized spacial score (nSPS) is 30.3. The molecule has 0 saturated heterocycles. The van der Waals surface area contributed by atoms with Crippen molar-refractivity contribution < 1.29 is 4.74 Å². The molecule has 54 valence electrons. The van der Waals surface area contributed by atoms with Crippen LogP contribution in [0.5, 0.6) is 0 Å². The van der Waals surface area contributed by atoms with E-state index in [9.17, 15) is 0 Å². The first-order valence-corrected chi connectivity index (χ1v) is 3.78. The SMILES string of the molecule is CC1=NC2CCCC=C2O1. The van der Waals surface area contributed by atoms with Gasteiger partial charge in [0.2, 0.25) is 0 Å². The number of ether oxygens (including phenoxy) is 1. The zero-order valence-corrected chi connectivity index (χ0v) is 6.13. The van der Waals surface area contributed by atoms with Gasteiger partial charge in [-0.15, -0.1) is 0 Å². The van der Waals surface area contributed by atoms with Gasteiger partial charge in [-0.2, -0.15) is 0 Å². The first kappa shape index (κ1) is 5.96. The number of rotatable bonds is 0. The van der Waals surface area contributed by atoms with Crippen molar-refractivity contribution in [1.29, 1.82) is 0 Å². The molecule has 0 aromatic heterocycles. The third-order valence-corrected chi connectivity index (χ3v) is 1.96. The summed E-state index contributed by atoms with van der Waals surface area (Å²) in [6.45, 7) is 1.92. The molecule has 10 heavy (non-hydrogen) atoms. The lowest BCUT2D eigenvalue weighted by atomic mass is 10.0. The van der Waals surface area contributed by atoms with Crippen LogP contribution in [0.2, 0.25) is 0 Å². The van der Waals surface area contributed by atoms with Crippen molar-refractivity contribution in [2.45, 2.75) is 32.2 Å². The molecular weight excluding hydrogens is 126 g/mol. The minimum absolute atomic E-state index is 0.369. The Hall–Kier alpha value is -0.790. The van der Waals surface area contributed by atoms with Crippen LogP contribution in [0.1, 0.15) is 26.2 Å². The van der Waals surface area contributed by atoms with Crippen LogP contribution in [0, 0.1) is 0 Å². The summed E-state index contributed by atoms with van der Waals surface area (Å²) in [4.78, 5) is 4.34. The van der Waals surface area contributed by atoms with Gasteiger partial charge in [0.25, 0.3) is 0 Å². The van der Waals surface area contributed by atoms with E-state index in [0.717, 1.165) is 18.1 Å². The molecule has 0 bridgehead atoms. The van der Waals surface area contributed by atoms with Crippen molar-refractivity contribution >= 4 is 5.90 Å². The van der Waals surface area contributed by atoms with E-state index in [-0.39, 0.29) is 0 Å². The van der Waals surface area contributed by atoms with E-state index < -0.39 is 0 Å². The van der Waals surface area contributed by atoms with Crippen molar-refractivity contribution in [1.82, 2.24) is 0 Å². The predicted molar refractivity (Wildman–Crippen MR) is 39.9 cm³/mol. The van der Waals surface area contributed by atoms with Crippen LogP contribution in [0.4, 0.5) is 0 Å². The highest BCUT2D eigenvalue weighted by molar-refractivity contribution is 5.77. The highest BCUT2D eigenvalue weighted by Gasteiger charge is 2.24. The van der Waals surface area contributed by atoms with E-state index in [1.54, 1.807) is 0 Å². The second kappa shape index (κ2) is 2.11. The van der Waals surface area contributed by atoms with Gasteiger partial charge in [0, 0.05) is 6.92 Å². The molecule has 1 heterocycles. The summed E-state index contributed by atoms with van der Waals surface area (Å²) in [6, 6.07) is 0.369. The molecule has 1 unspecified atom stereocenters. The molecule has 2 heteroatoms. The molecule has 0 saturated carbocycles. The van der Waals surface area contributed by atoms with Gasteiger partial charge >= 0.3 is 0 Å². The smallest absolute Gasteiger partial charge is 0.187 e. The van der Waals surface area contributed by atoms with Crippen LogP contribution >= 0.6 is 0 Å². The molecule has 0 spiro atoms. The molecule has 2 rings (SSSR count). The molecule has 0 aromatic carbocycles. The molecule has 1 atom stereocenters. The van der Waals surface area contributed by atoms with Gasteiger partial charge in [-0.25, -0.2) is 4.99 Å². The number of allylic oxidation sites excluding steroid dienone is 1. The number of nitrogens with zero attached hydrogens (tertiary/aromatic N) is 1. The zero-order chi connectivity index (χ0) is 6.97. The second-order valence-electron chi connectivity index (χ2n) is 2.80. The minimum atomic E-state index is 0.369. The van der Waals surface area contributed by atoms with Gasteiger partial charge in [-0.05, 0) is 25.3 Å². The molecule has 0 aromatic rings. The van der Waals surface area contributed by atoms with E-state index in [2.05, 4.69) is 11.1 Å². The molecule has 1 aliphatic heterocycles. The van der Waals surface area contributed by atoms with Crippen molar-refractivity contribution in [2.24, 2.45) is 4.99 Å². The highest BCUT2D eigenvalue weighted by Crippen LogP contribution is 2.26. The Morgan fingerprint density at radius 3 is 3.40 bits per heavy atom. The van der Waals surface area contributed by atoms with Gasteiger partial charge in [0.15, 0.2) is 5.90 Å². The fourth-order valence-electron chi connectivity index (χ4n) is 1.49. The zero-order valence-electron chi connectivity index (χ0n) is 6.13. The Morgan fingerprint density at radius 1 is 1.70 bits per heavy atom. The van der Waals surface area contributed by atoms with Crippen molar-refractivity contribution in [2.75, 3.05) is 0 Å².